The van der Waals surface area contributed by atoms with Crippen molar-refractivity contribution in [3.63, 3.8) is 0 Å². The maximum atomic E-state index is 10.9. The van der Waals surface area contributed by atoms with Crippen molar-refractivity contribution in [2.75, 3.05) is 10.6 Å². The Morgan fingerprint density at radius 1 is 1.17 bits per heavy atom. The quantitative estimate of drug-likeness (QED) is 0.663. The number of nitrogens with two attached hydrogens (primary N) is 1. The fourth-order valence-corrected chi connectivity index (χ4v) is 1.62. The molecule has 1 heterocycles. The number of carboxylic acid groups (broad SMARTS) is 2. The molecular weight excluding hydrogens is 238 g/mol. The molecule has 0 saturated heterocycles. The lowest BCUT2D eigenvalue weighted by Crippen LogP contribution is -2.35. The van der Waals surface area contributed by atoms with E-state index >= 15 is 0 Å². The van der Waals surface area contributed by atoms with Gasteiger partial charge in [-0.15, -0.1) is 0 Å². The third-order valence-corrected chi connectivity index (χ3v) is 2.36. The van der Waals surface area contributed by atoms with E-state index in [0.717, 1.165) is 0 Å². The molecule has 0 saturated carbocycles. The van der Waals surface area contributed by atoms with Gasteiger partial charge in [0.2, 0.25) is 0 Å². The fraction of sp³-hybridized carbons (Fsp3) is 0. The SMILES string of the molecule is Nc1ccc2c(N(C(=O)O)C(=O)O)nccc2c1. The average molecular weight is 247 g/mol. The summed E-state index contributed by atoms with van der Waals surface area (Å²) in [7, 11) is 0. The normalized spacial score (nSPS) is 10.2. The van der Waals surface area contributed by atoms with E-state index in [4.69, 9.17) is 15.9 Å². The number of nitrogens with zero attached hydrogens (tertiary/aromatic N) is 2. The van der Waals surface area contributed by atoms with Crippen LogP contribution in [0.4, 0.5) is 21.1 Å². The first-order valence-electron chi connectivity index (χ1n) is 4.91. The van der Waals surface area contributed by atoms with Gasteiger partial charge >= 0.3 is 12.2 Å². The number of pyridine rings is 1. The number of anilines is 2. The third kappa shape index (κ3) is 1.88. The summed E-state index contributed by atoms with van der Waals surface area (Å²) in [4.78, 5) is 25.8. The van der Waals surface area contributed by atoms with Crippen LogP contribution in [0.15, 0.2) is 30.5 Å². The Morgan fingerprint density at radius 2 is 1.83 bits per heavy atom. The van der Waals surface area contributed by atoms with E-state index in [-0.39, 0.29) is 10.7 Å². The molecule has 2 rings (SSSR count). The van der Waals surface area contributed by atoms with Crippen molar-refractivity contribution in [3.05, 3.63) is 30.5 Å². The molecule has 0 aliphatic rings. The molecule has 0 bridgehead atoms. The van der Waals surface area contributed by atoms with E-state index in [9.17, 15) is 9.59 Å². The maximum Gasteiger partial charge on any atom is 0.422 e. The number of hydrogen-bond acceptors (Lipinski definition) is 4. The van der Waals surface area contributed by atoms with Crippen molar-refractivity contribution in [1.29, 1.82) is 0 Å². The van der Waals surface area contributed by atoms with Gasteiger partial charge in [0, 0.05) is 17.3 Å². The lowest BCUT2D eigenvalue weighted by atomic mass is 10.1. The van der Waals surface area contributed by atoms with Crippen molar-refractivity contribution < 1.29 is 19.8 Å². The van der Waals surface area contributed by atoms with Crippen molar-refractivity contribution >= 4 is 34.5 Å². The van der Waals surface area contributed by atoms with Gasteiger partial charge < -0.3 is 15.9 Å². The molecule has 92 valence electrons. The molecule has 0 aliphatic carbocycles. The van der Waals surface area contributed by atoms with Crippen molar-refractivity contribution in [1.82, 2.24) is 4.98 Å². The van der Waals surface area contributed by atoms with E-state index < -0.39 is 12.2 Å². The first kappa shape index (κ1) is 11.6. The lowest BCUT2D eigenvalue weighted by molar-refractivity contribution is 0.184. The van der Waals surface area contributed by atoms with Crippen LogP contribution in [0.1, 0.15) is 0 Å². The summed E-state index contributed by atoms with van der Waals surface area (Å²) in [5.74, 6) is -0.160. The van der Waals surface area contributed by atoms with Crippen LogP contribution < -0.4 is 10.6 Å². The van der Waals surface area contributed by atoms with Gasteiger partial charge in [0.15, 0.2) is 5.82 Å². The largest absolute Gasteiger partial charge is 0.464 e. The predicted octanol–water partition coefficient (Wildman–Crippen LogP) is 1.98. The molecule has 1 aromatic carbocycles. The maximum absolute atomic E-state index is 10.9. The molecular formula is C11H9N3O4. The summed E-state index contributed by atoms with van der Waals surface area (Å²) in [5, 5.41) is 18.8. The molecule has 0 aliphatic heterocycles. The Hall–Kier alpha value is -2.83. The molecule has 2 amide bonds. The van der Waals surface area contributed by atoms with Gasteiger partial charge in [0.05, 0.1) is 0 Å². The highest BCUT2D eigenvalue weighted by Gasteiger charge is 2.25. The van der Waals surface area contributed by atoms with Crippen LogP contribution in [-0.4, -0.2) is 27.4 Å². The molecule has 0 spiro atoms. The van der Waals surface area contributed by atoms with Crippen LogP contribution in [-0.2, 0) is 0 Å². The zero-order valence-corrected chi connectivity index (χ0v) is 9.07. The minimum Gasteiger partial charge on any atom is -0.464 e. The van der Waals surface area contributed by atoms with Gasteiger partial charge in [0.1, 0.15) is 0 Å². The second-order valence-corrected chi connectivity index (χ2v) is 3.52. The van der Waals surface area contributed by atoms with Gasteiger partial charge in [-0.1, -0.05) is 0 Å². The second-order valence-electron chi connectivity index (χ2n) is 3.52. The van der Waals surface area contributed by atoms with E-state index in [0.29, 0.717) is 16.5 Å². The molecule has 7 heteroatoms. The summed E-state index contributed by atoms with van der Waals surface area (Å²) >= 11 is 0. The minimum atomic E-state index is -1.61. The number of rotatable bonds is 1. The Morgan fingerprint density at radius 3 is 2.44 bits per heavy atom. The van der Waals surface area contributed by atoms with Crippen LogP contribution in [0, 0.1) is 0 Å². The summed E-state index contributed by atoms with van der Waals surface area (Å²) in [6, 6.07) is 6.32. The highest BCUT2D eigenvalue weighted by Crippen LogP contribution is 2.26. The smallest absolute Gasteiger partial charge is 0.422 e. The number of imide groups is 1. The predicted molar refractivity (Wildman–Crippen MR) is 64.7 cm³/mol. The monoisotopic (exact) mass is 247 g/mol. The molecule has 0 fully saturated rings. The molecule has 2 aromatic rings. The zero-order chi connectivity index (χ0) is 13.3. The summed E-state index contributed by atoms with van der Waals surface area (Å²) < 4.78 is 0. The van der Waals surface area contributed by atoms with Crippen LogP contribution in [0.5, 0.6) is 0 Å². The van der Waals surface area contributed by atoms with E-state index in [1.165, 1.54) is 12.3 Å². The van der Waals surface area contributed by atoms with Crippen LogP contribution >= 0.6 is 0 Å². The van der Waals surface area contributed by atoms with E-state index in [2.05, 4.69) is 4.98 Å². The molecule has 18 heavy (non-hydrogen) atoms. The lowest BCUT2D eigenvalue weighted by Gasteiger charge is -2.14. The number of aromatic nitrogens is 1. The first-order valence-corrected chi connectivity index (χ1v) is 4.91. The highest BCUT2D eigenvalue weighted by atomic mass is 16.4. The number of nitrogen functional groups attached to an aromatic ring is 1. The Kier molecular flexibility index (Phi) is 2.72. The molecule has 0 atom stereocenters. The zero-order valence-electron chi connectivity index (χ0n) is 9.07. The van der Waals surface area contributed by atoms with Crippen molar-refractivity contribution in [2.45, 2.75) is 0 Å². The second kappa shape index (κ2) is 4.21. The Bertz CT molecular complexity index is 627. The van der Waals surface area contributed by atoms with Gasteiger partial charge in [-0.25, -0.2) is 14.6 Å². The topological polar surface area (TPSA) is 117 Å². The van der Waals surface area contributed by atoms with E-state index in [1.807, 2.05) is 0 Å². The average Bonchev–Trinajstić information content (AvgIpc) is 2.27. The van der Waals surface area contributed by atoms with Crippen LogP contribution in [0.25, 0.3) is 10.8 Å². The standard InChI is InChI=1S/C11H9N3O4/c12-7-1-2-8-6(5-7)3-4-13-9(8)14(10(15)16)11(17)18/h1-5H,12H2,(H,15,16)(H,17,18). The first-order chi connectivity index (χ1) is 8.50. The number of amides is 2. The number of carbonyl (C=O) groups is 2. The number of hydrogen-bond donors (Lipinski definition) is 3. The molecule has 4 N–H and O–H groups in total. The molecule has 0 unspecified atom stereocenters. The summed E-state index contributed by atoms with van der Waals surface area (Å²) in [6.07, 6.45) is -1.89. The summed E-state index contributed by atoms with van der Waals surface area (Å²) in [6.45, 7) is 0. The van der Waals surface area contributed by atoms with Crippen molar-refractivity contribution in [3.8, 4) is 0 Å². The minimum absolute atomic E-state index is 0.160. The number of benzene rings is 1. The number of fused-ring (bicyclic) bond motifs is 1. The summed E-state index contributed by atoms with van der Waals surface area (Å²) in [5.41, 5.74) is 6.10. The van der Waals surface area contributed by atoms with Crippen LogP contribution in [0.3, 0.4) is 0 Å². The van der Waals surface area contributed by atoms with Crippen molar-refractivity contribution in [2.24, 2.45) is 0 Å². The Balaban J connectivity index is 2.70. The van der Waals surface area contributed by atoms with Gasteiger partial charge in [-0.3, -0.25) is 0 Å². The van der Waals surface area contributed by atoms with Gasteiger partial charge in [-0.05, 0) is 29.7 Å². The fourth-order valence-electron chi connectivity index (χ4n) is 1.62. The van der Waals surface area contributed by atoms with E-state index in [1.54, 1.807) is 18.2 Å². The Labute approximate surface area is 101 Å². The van der Waals surface area contributed by atoms with Gasteiger partial charge in [0.25, 0.3) is 0 Å². The molecule has 7 nitrogen and oxygen atoms in total. The highest BCUT2D eigenvalue weighted by molar-refractivity contribution is 6.12. The molecule has 1 aromatic heterocycles. The van der Waals surface area contributed by atoms with Crippen LogP contribution in [0.2, 0.25) is 0 Å². The molecule has 0 radical (unpaired) electrons. The third-order valence-electron chi connectivity index (χ3n) is 2.36. The van der Waals surface area contributed by atoms with Gasteiger partial charge in [-0.2, -0.15) is 4.90 Å².